The highest BCUT2D eigenvalue weighted by Gasteiger charge is 2.08. The van der Waals surface area contributed by atoms with E-state index in [0.717, 1.165) is 11.3 Å². The Balaban J connectivity index is 1.54. The number of para-hydroxylation sites is 1. The smallest absolute Gasteiger partial charge is 0.227 e. The van der Waals surface area contributed by atoms with Gasteiger partial charge in [0.05, 0.1) is 18.7 Å². The van der Waals surface area contributed by atoms with Crippen LogP contribution in [-0.4, -0.2) is 32.7 Å². The standard InChI is InChI=1S/C17H16FN5O2/c1-12-10-13(6-7-15(12)23-11-19-21-22-23)20-17(24)8-9-25-16-5-3-2-4-14(16)18/h2-7,10-11H,8-9H2,1H3,(H,20,24). The number of aromatic nitrogens is 4. The maximum atomic E-state index is 13.4. The highest BCUT2D eigenvalue weighted by atomic mass is 19.1. The second-order valence-corrected chi connectivity index (χ2v) is 5.33. The Kier molecular flexibility index (Phi) is 4.98. The Hall–Kier alpha value is -3.29. The second-order valence-electron chi connectivity index (χ2n) is 5.33. The summed E-state index contributed by atoms with van der Waals surface area (Å²) in [6, 6.07) is 11.5. The molecule has 0 bridgehead atoms. The number of benzene rings is 2. The number of hydrogen-bond donors (Lipinski definition) is 1. The fourth-order valence-corrected chi connectivity index (χ4v) is 2.30. The van der Waals surface area contributed by atoms with Crippen LogP contribution in [-0.2, 0) is 4.79 Å². The molecule has 0 radical (unpaired) electrons. The molecule has 0 aliphatic heterocycles. The number of tetrazole rings is 1. The van der Waals surface area contributed by atoms with E-state index in [1.807, 2.05) is 19.1 Å². The van der Waals surface area contributed by atoms with Crippen molar-refractivity contribution in [3.63, 3.8) is 0 Å². The van der Waals surface area contributed by atoms with Gasteiger partial charge < -0.3 is 10.1 Å². The molecule has 1 N–H and O–H groups in total. The van der Waals surface area contributed by atoms with Gasteiger partial charge in [0.25, 0.3) is 0 Å². The fraction of sp³-hybridized carbons (Fsp3) is 0.176. The van der Waals surface area contributed by atoms with Crippen molar-refractivity contribution in [1.82, 2.24) is 20.2 Å². The largest absolute Gasteiger partial charge is 0.490 e. The van der Waals surface area contributed by atoms with E-state index in [0.29, 0.717) is 5.69 Å². The number of carbonyl (C=O) groups is 1. The quantitative estimate of drug-likeness (QED) is 0.745. The molecule has 0 atom stereocenters. The van der Waals surface area contributed by atoms with Crippen LogP contribution >= 0.6 is 0 Å². The normalized spacial score (nSPS) is 10.5. The Labute approximate surface area is 143 Å². The molecule has 0 aliphatic carbocycles. The summed E-state index contributed by atoms with van der Waals surface area (Å²) < 4.78 is 20.2. The molecule has 7 nitrogen and oxygen atoms in total. The maximum absolute atomic E-state index is 13.4. The number of halogens is 1. The average molecular weight is 341 g/mol. The summed E-state index contributed by atoms with van der Waals surface area (Å²) in [6.07, 6.45) is 1.61. The highest BCUT2D eigenvalue weighted by Crippen LogP contribution is 2.18. The lowest BCUT2D eigenvalue weighted by atomic mass is 10.1. The Morgan fingerprint density at radius 3 is 2.84 bits per heavy atom. The van der Waals surface area contributed by atoms with Crippen LogP contribution in [0.2, 0.25) is 0 Å². The van der Waals surface area contributed by atoms with Crippen LogP contribution in [0.1, 0.15) is 12.0 Å². The van der Waals surface area contributed by atoms with Gasteiger partial charge in [0.2, 0.25) is 5.91 Å². The fourth-order valence-electron chi connectivity index (χ4n) is 2.30. The van der Waals surface area contributed by atoms with Crippen LogP contribution in [0, 0.1) is 12.7 Å². The van der Waals surface area contributed by atoms with E-state index in [4.69, 9.17) is 4.74 Å². The predicted molar refractivity (Wildman–Crippen MR) is 89.0 cm³/mol. The van der Waals surface area contributed by atoms with Gasteiger partial charge in [-0.2, -0.15) is 0 Å². The summed E-state index contributed by atoms with van der Waals surface area (Å²) in [5.41, 5.74) is 2.39. The third kappa shape index (κ3) is 4.17. The number of carbonyl (C=O) groups excluding carboxylic acids is 1. The number of nitrogens with zero attached hydrogens (tertiary/aromatic N) is 4. The van der Waals surface area contributed by atoms with Gasteiger partial charge in [-0.25, -0.2) is 9.07 Å². The molecule has 2 aromatic carbocycles. The first kappa shape index (κ1) is 16.6. The van der Waals surface area contributed by atoms with E-state index in [9.17, 15) is 9.18 Å². The van der Waals surface area contributed by atoms with Crippen molar-refractivity contribution in [2.24, 2.45) is 0 Å². The number of aryl methyl sites for hydroxylation is 1. The van der Waals surface area contributed by atoms with E-state index >= 15 is 0 Å². The molecule has 1 heterocycles. The van der Waals surface area contributed by atoms with Crippen LogP contribution in [0.15, 0.2) is 48.8 Å². The third-order valence-electron chi connectivity index (χ3n) is 3.50. The average Bonchev–Trinajstić information content (AvgIpc) is 3.11. The summed E-state index contributed by atoms with van der Waals surface area (Å²) >= 11 is 0. The number of rotatable bonds is 6. The molecule has 0 spiro atoms. The molecule has 0 aliphatic rings. The number of ether oxygens (including phenoxy) is 1. The molecular weight excluding hydrogens is 325 g/mol. The number of anilines is 1. The molecule has 0 saturated carbocycles. The monoisotopic (exact) mass is 341 g/mol. The van der Waals surface area contributed by atoms with E-state index in [2.05, 4.69) is 20.8 Å². The molecule has 3 aromatic rings. The molecule has 3 rings (SSSR count). The van der Waals surface area contributed by atoms with Gasteiger partial charge in [-0.1, -0.05) is 12.1 Å². The van der Waals surface area contributed by atoms with Crippen LogP contribution in [0.5, 0.6) is 5.75 Å². The zero-order valence-electron chi connectivity index (χ0n) is 13.5. The Morgan fingerprint density at radius 2 is 2.12 bits per heavy atom. The molecule has 128 valence electrons. The van der Waals surface area contributed by atoms with Crippen LogP contribution in [0.3, 0.4) is 0 Å². The minimum Gasteiger partial charge on any atom is -0.490 e. The van der Waals surface area contributed by atoms with Gasteiger partial charge in [-0.05, 0) is 53.2 Å². The lowest BCUT2D eigenvalue weighted by Gasteiger charge is -2.10. The predicted octanol–water partition coefficient (Wildman–Crippen LogP) is 2.52. The molecule has 25 heavy (non-hydrogen) atoms. The van der Waals surface area contributed by atoms with Crippen molar-refractivity contribution >= 4 is 11.6 Å². The lowest BCUT2D eigenvalue weighted by Crippen LogP contribution is -2.15. The van der Waals surface area contributed by atoms with Crippen molar-refractivity contribution < 1.29 is 13.9 Å². The molecule has 8 heteroatoms. The van der Waals surface area contributed by atoms with Crippen molar-refractivity contribution in [2.45, 2.75) is 13.3 Å². The molecule has 1 amide bonds. The third-order valence-corrected chi connectivity index (χ3v) is 3.50. The first-order chi connectivity index (χ1) is 12.1. The van der Waals surface area contributed by atoms with Gasteiger partial charge in [-0.3, -0.25) is 4.79 Å². The van der Waals surface area contributed by atoms with E-state index < -0.39 is 5.82 Å². The summed E-state index contributed by atoms with van der Waals surface area (Å²) in [4.78, 5) is 12.0. The maximum Gasteiger partial charge on any atom is 0.227 e. The molecule has 0 unspecified atom stereocenters. The van der Waals surface area contributed by atoms with E-state index in [1.54, 1.807) is 22.9 Å². The van der Waals surface area contributed by atoms with E-state index in [-0.39, 0.29) is 24.7 Å². The summed E-state index contributed by atoms with van der Waals surface area (Å²) in [6.45, 7) is 1.99. The van der Waals surface area contributed by atoms with Gasteiger partial charge in [0, 0.05) is 5.69 Å². The molecule has 0 saturated heterocycles. The summed E-state index contributed by atoms with van der Waals surface area (Å²) in [5.74, 6) is -0.528. The minimum atomic E-state index is -0.447. The Bertz CT molecular complexity index is 867. The van der Waals surface area contributed by atoms with Crippen molar-refractivity contribution in [3.8, 4) is 11.4 Å². The molecule has 0 fully saturated rings. The first-order valence-electron chi connectivity index (χ1n) is 7.64. The van der Waals surface area contributed by atoms with E-state index in [1.165, 1.54) is 18.5 Å². The van der Waals surface area contributed by atoms with Gasteiger partial charge in [0.1, 0.15) is 6.33 Å². The topological polar surface area (TPSA) is 81.9 Å². The number of nitrogens with one attached hydrogen (secondary N) is 1. The number of amides is 1. The molecule has 1 aromatic heterocycles. The van der Waals surface area contributed by atoms with Crippen molar-refractivity contribution in [1.29, 1.82) is 0 Å². The summed E-state index contributed by atoms with van der Waals surface area (Å²) in [7, 11) is 0. The van der Waals surface area contributed by atoms with Crippen LogP contribution in [0.25, 0.3) is 5.69 Å². The first-order valence-corrected chi connectivity index (χ1v) is 7.64. The van der Waals surface area contributed by atoms with Gasteiger partial charge in [0.15, 0.2) is 11.6 Å². The molecular formula is C17H16FN5O2. The van der Waals surface area contributed by atoms with Gasteiger partial charge in [-0.15, -0.1) is 5.10 Å². The minimum absolute atomic E-state index is 0.0917. The van der Waals surface area contributed by atoms with Crippen molar-refractivity contribution in [2.75, 3.05) is 11.9 Å². The Morgan fingerprint density at radius 1 is 1.28 bits per heavy atom. The van der Waals surface area contributed by atoms with Crippen molar-refractivity contribution in [3.05, 3.63) is 60.2 Å². The lowest BCUT2D eigenvalue weighted by molar-refractivity contribution is -0.116. The number of hydrogen-bond acceptors (Lipinski definition) is 5. The van der Waals surface area contributed by atoms with Gasteiger partial charge >= 0.3 is 0 Å². The highest BCUT2D eigenvalue weighted by molar-refractivity contribution is 5.91. The van der Waals surface area contributed by atoms with Crippen LogP contribution < -0.4 is 10.1 Å². The van der Waals surface area contributed by atoms with Crippen LogP contribution in [0.4, 0.5) is 10.1 Å². The zero-order valence-corrected chi connectivity index (χ0v) is 13.5. The summed E-state index contributed by atoms with van der Waals surface area (Å²) in [5, 5.41) is 13.8. The SMILES string of the molecule is Cc1cc(NC(=O)CCOc2ccccc2F)ccc1-n1cnnn1. The zero-order chi connectivity index (χ0) is 17.6. The second kappa shape index (κ2) is 7.52.